The van der Waals surface area contributed by atoms with Gasteiger partial charge in [-0.3, -0.25) is 10.1 Å². The van der Waals surface area contributed by atoms with Crippen LogP contribution in [0.15, 0.2) is 0 Å². The number of esters is 1. The molecule has 118 valence electrons. The van der Waals surface area contributed by atoms with Gasteiger partial charge in [-0.15, -0.1) is 0 Å². The molecule has 0 spiro atoms. The number of ether oxygens (including phenoxy) is 1. The Morgan fingerprint density at radius 3 is 2.70 bits per heavy atom. The predicted molar refractivity (Wildman–Crippen MR) is 82.8 cm³/mol. The second kappa shape index (κ2) is 7.99. The van der Waals surface area contributed by atoms with E-state index in [4.69, 9.17) is 4.74 Å². The Morgan fingerprint density at radius 2 is 2.15 bits per heavy atom. The number of unbranched alkanes of at least 4 members (excludes halogenated alkanes) is 1. The minimum atomic E-state index is -0.477. The lowest BCUT2D eigenvalue weighted by Gasteiger charge is -2.32. The molecule has 1 saturated carbocycles. The van der Waals surface area contributed by atoms with Gasteiger partial charge in [-0.2, -0.15) is 0 Å². The molecule has 1 fully saturated rings. The molecule has 4 nitrogen and oxygen atoms in total. The van der Waals surface area contributed by atoms with E-state index in [2.05, 4.69) is 38.0 Å². The third-order valence-electron chi connectivity index (χ3n) is 4.21. The Kier molecular flexibility index (Phi) is 6.96. The summed E-state index contributed by atoms with van der Waals surface area (Å²) in [6.45, 7) is 9.84. The molecule has 0 aromatic heterocycles. The SMILES string of the molecule is CCCCN(C)C1CCC(NC(C)C)(C(=O)OCC)C1. The van der Waals surface area contributed by atoms with Crippen LogP contribution in [0.25, 0.3) is 0 Å². The molecule has 2 atom stereocenters. The van der Waals surface area contributed by atoms with Gasteiger partial charge in [-0.25, -0.2) is 0 Å². The van der Waals surface area contributed by atoms with Crippen molar-refractivity contribution in [1.29, 1.82) is 0 Å². The predicted octanol–water partition coefficient (Wildman–Crippen LogP) is 2.57. The standard InChI is InChI=1S/C16H32N2O2/c1-6-8-11-18(5)14-9-10-16(12-14,17-13(3)4)15(19)20-7-2/h13-14,17H,6-12H2,1-5H3. The van der Waals surface area contributed by atoms with Crippen LogP contribution in [0.3, 0.4) is 0 Å². The van der Waals surface area contributed by atoms with Gasteiger partial charge in [0.1, 0.15) is 5.54 Å². The van der Waals surface area contributed by atoms with Crippen molar-refractivity contribution < 1.29 is 9.53 Å². The first kappa shape index (κ1) is 17.4. The highest BCUT2D eigenvalue weighted by atomic mass is 16.5. The lowest BCUT2D eigenvalue weighted by Crippen LogP contribution is -2.54. The highest BCUT2D eigenvalue weighted by Gasteiger charge is 2.47. The van der Waals surface area contributed by atoms with E-state index < -0.39 is 5.54 Å². The Labute approximate surface area is 124 Å². The zero-order valence-electron chi connectivity index (χ0n) is 13.9. The van der Waals surface area contributed by atoms with Gasteiger partial charge in [0.05, 0.1) is 6.61 Å². The molecular formula is C16H32N2O2. The fourth-order valence-electron chi connectivity index (χ4n) is 3.18. The molecule has 1 aliphatic rings. The number of hydrogen-bond donors (Lipinski definition) is 1. The summed E-state index contributed by atoms with van der Waals surface area (Å²) >= 11 is 0. The lowest BCUT2D eigenvalue weighted by atomic mass is 9.96. The molecular weight excluding hydrogens is 252 g/mol. The molecule has 0 heterocycles. The summed E-state index contributed by atoms with van der Waals surface area (Å²) in [5, 5.41) is 3.48. The van der Waals surface area contributed by atoms with Gasteiger partial charge in [0.2, 0.25) is 0 Å². The summed E-state index contributed by atoms with van der Waals surface area (Å²) in [5.41, 5.74) is -0.477. The van der Waals surface area contributed by atoms with E-state index in [1.54, 1.807) is 0 Å². The summed E-state index contributed by atoms with van der Waals surface area (Å²) in [6.07, 6.45) is 5.25. The molecule has 0 aromatic carbocycles. The number of rotatable bonds is 8. The Hall–Kier alpha value is -0.610. The molecule has 1 N–H and O–H groups in total. The van der Waals surface area contributed by atoms with Crippen molar-refractivity contribution in [3.05, 3.63) is 0 Å². The highest BCUT2D eigenvalue weighted by Crippen LogP contribution is 2.34. The van der Waals surface area contributed by atoms with Gasteiger partial charge in [0.15, 0.2) is 0 Å². The minimum Gasteiger partial charge on any atom is -0.465 e. The highest BCUT2D eigenvalue weighted by molar-refractivity contribution is 5.81. The smallest absolute Gasteiger partial charge is 0.326 e. The molecule has 0 amide bonds. The summed E-state index contributed by atoms with van der Waals surface area (Å²) in [4.78, 5) is 14.8. The van der Waals surface area contributed by atoms with Crippen LogP contribution in [-0.2, 0) is 9.53 Å². The van der Waals surface area contributed by atoms with Crippen LogP contribution < -0.4 is 5.32 Å². The van der Waals surface area contributed by atoms with Crippen LogP contribution >= 0.6 is 0 Å². The van der Waals surface area contributed by atoms with Crippen LogP contribution in [0.1, 0.15) is 59.8 Å². The summed E-state index contributed by atoms with van der Waals surface area (Å²) in [6, 6.07) is 0.774. The van der Waals surface area contributed by atoms with Gasteiger partial charge in [-0.1, -0.05) is 13.3 Å². The van der Waals surface area contributed by atoms with E-state index in [0.717, 1.165) is 25.8 Å². The van der Waals surface area contributed by atoms with Crippen molar-refractivity contribution in [3.63, 3.8) is 0 Å². The second-order valence-corrected chi connectivity index (χ2v) is 6.33. The molecule has 2 unspecified atom stereocenters. The lowest BCUT2D eigenvalue weighted by molar-refractivity contribution is -0.151. The number of nitrogens with zero attached hydrogens (tertiary/aromatic N) is 1. The number of carbonyl (C=O) groups excluding carboxylic acids is 1. The largest absolute Gasteiger partial charge is 0.465 e. The van der Waals surface area contributed by atoms with E-state index in [1.165, 1.54) is 12.8 Å². The van der Waals surface area contributed by atoms with Crippen molar-refractivity contribution in [2.75, 3.05) is 20.2 Å². The number of hydrogen-bond acceptors (Lipinski definition) is 4. The zero-order chi connectivity index (χ0) is 15.2. The van der Waals surface area contributed by atoms with Crippen molar-refractivity contribution in [3.8, 4) is 0 Å². The van der Waals surface area contributed by atoms with Crippen LogP contribution in [0.4, 0.5) is 0 Å². The zero-order valence-corrected chi connectivity index (χ0v) is 13.9. The fraction of sp³-hybridized carbons (Fsp3) is 0.938. The fourth-order valence-corrected chi connectivity index (χ4v) is 3.18. The summed E-state index contributed by atoms with van der Waals surface area (Å²) in [5.74, 6) is -0.0694. The normalized spacial score (nSPS) is 26.4. The van der Waals surface area contributed by atoms with Crippen LogP contribution in [0.5, 0.6) is 0 Å². The Morgan fingerprint density at radius 1 is 1.45 bits per heavy atom. The van der Waals surface area contributed by atoms with Crippen LogP contribution in [0, 0.1) is 0 Å². The average Bonchev–Trinajstić information content (AvgIpc) is 2.81. The third-order valence-corrected chi connectivity index (χ3v) is 4.21. The van der Waals surface area contributed by atoms with Crippen molar-refractivity contribution in [2.45, 2.75) is 77.4 Å². The molecule has 20 heavy (non-hydrogen) atoms. The molecule has 0 radical (unpaired) electrons. The van der Waals surface area contributed by atoms with Gasteiger partial charge in [0, 0.05) is 12.1 Å². The van der Waals surface area contributed by atoms with E-state index in [1.807, 2.05) is 6.92 Å². The van der Waals surface area contributed by atoms with Crippen molar-refractivity contribution >= 4 is 5.97 Å². The van der Waals surface area contributed by atoms with Crippen molar-refractivity contribution in [2.24, 2.45) is 0 Å². The number of nitrogens with one attached hydrogen (secondary N) is 1. The molecule has 1 aliphatic carbocycles. The second-order valence-electron chi connectivity index (χ2n) is 6.33. The Balaban J connectivity index is 2.70. The number of carbonyl (C=O) groups is 1. The van der Waals surface area contributed by atoms with Crippen LogP contribution in [-0.4, -0.2) is 48.7 Å². The average molecular weight is 284 g/mol. The summed E-state index contributed by atoms with van der Waals surface area (Å²) in [7, 11) is 2.18. The van der Waals surface area contributed by atoms with E-state index in [0.29, 0.717) is 18.7 Å². The first-order valence-electron chi connectivity index (χ1n) is 8.10. The van der Waals surface area contributed by atoms with Gasteiger partial charge in [-0.05, 0) is 60.0 Å². The van der Waals surface area contributed by atoms with Gasteiger partial charge >= 0.3 is 5.97 Å². The maximum atomic E-state index is 12.4. The molecule has 1 rings (SSSR count). The maximum Gasteiger partial charge on any atom is 0.326 e. The first-order valence-corrected chi connectivity index (χ1v) is 8.10. The quantitative estimate of drug-likeness (QED) is 0.696. The van der Waals surface area contributed by atoms with E-state index in [-0.39, 0.29) is 5.97 Å². The van der Waals surface area contributed by atoms with E-state index in [9.17, 15) is 4.79 Å². The maximum absolute atomic E-state index is 12.4. The summed E-state index contributed by atoms with van der Waals surface area (Å²) < 4.78 is 5.32. The molecule has 0 saturated heterocycles. The van der Waals surface area contributed by atoms with E-state index >= 15 is 0 Å². The monoisotopic (exact) mass is 284 g/mol. The first-order chi connectivity index (χ1) is 9.45. The third kappa shape index (κ3) is 4.45. The molecule has 0 aliphatic heterocycles. The van der Waals surface area contributed by atoms with Crippen LogP contribution in [0.2, 0.25) is 0 Å². The molecule has 0 bridgehead atoms. The van der Waals surface area contributed by atoms with Gasteiger partial charge in [0.25, 0.3) is 0 Å². The van der Waals surface area contributed by atoms with Crippen molar-refractivity contribution in [1.82, 2.24) is 10.2 Å². The molecule has 0 aromatic rings. The topological polar surface area (TPSA) is 41.6 Å². The minimum absolute atomic E-state index is 0.0694. The van der Waals surface area contributed by atoms with Gasteiger partial charge < -0.3 is 9.64 Å². The molecule has 4 heteroatoms. The Bertz CT molecular complexity index is 307.